The normalized spacial score (nSPS) is 31.4. The summed E-state index contributed by atoms with van der Waals surface area (Å²) in [6, 6.07) is 66.4. The van der Waals surface area contributed by atoms with Crippen LogP contribution in [0.3, 0.4) is 0 Å². The van der Waals surface area contributed by atoms with Crippen LogP contribution in [0.4, 0.5) is 0 Å². The smallest absolute Gasteiger partial charge is 0.0264 e. The van der Waals surface area contributed by atoms with Crippen LogP contribution >= 0.6 is 0 Å². The Bertz CT molecular complexity index is 3180. The first kappa shape index (κ1) is 46.6. The average Bonchev–Trinajstić information content (AvgIpc) is 3.38. The number of benzene rings is 7. The van der Waals surface area contributed by atoms with E-state index in [4.69, 9.17) is 0 Å². The minimum Gasteiger partial charge on any atom is -0.0622 e. The topological polar surface area (TPSA) is 0 Å². The van der Waals surface area contributed by atoms with Crippen molar-refractivity contribution in [2.24, 2.45) is 21.7 Å². The second-order valence-corrected chi connectivity index (χ2v) is 26.1. The highest BCUT2D eigenvalue weighted by molar-refractivity contribution is 5.56. The summed E-state index contributed by atoms with van der Waals surface area (Å²) in [4.78, 5) is 0. The van der Waals surface area contributed by atoms with E-state index in [2.05, 4.69) is 257 Å². The third-order valence-electron chi connectivity index (χ3n) is 18.9. The molecule has 4 atom stereocenters. The van der Waals surface area contributed by atoms with Crippen molar-refractivity contribution in [1.82, 2.24) is 0 Å². The summed E-state index contributed by atoms with van der Waals surface area (Å²) in [6.07, 6.45) is 14.8. The molecule has 0 aromatic heterocycles. The average molecular weight is 955 g/mol. The second-order valence-electron chi connectivity index (χ2n) is 26.1. The summed E-state index contributed by atoms with van der Waals surface area (Å²) in [5.41, 5.74) is 15.7. The van der Waals surface area contributed by atoms with Crippen molar-refractivity contribution in [3.8, 4) is 47.4 Å². The van der Waals surface area contributed by atoms with Crippen LogP contribution in [-0.2, 0) is 21.7 Å². The van der Waals surface area contributed by atoms with Crippen LogP contribution in [0, 0.1) is 69.0 Å². The molecule has 0 heterocycles. The van der Waals surface area contributed by atoms with Crippen molar-refractivity contribution < 1.29 is 0 Å². The Hall–Kier alpha value is -7.22. The monoisotopic (exact) mass is 955 g/mol. The molecule has 0 spiro atoms. The van der Waals surface area contributed by atoms with E-state index in [0.717, 1.165) is 44.5 Å². The molecule has 7 aromatic rings. The van der Waals surface area contributed by atoms with Crippen molar-refractivity contribution in [2.75, 3.05) is 0 Å². The van der Waals surface area contributed by atoms with Gasteiger partial charge in [0, 0.05) is 44.5 Å². The minimum absolute atomic E-state index is 0.0309. The summed E-state index contributed by atoms with van der Waals surface area (Å²) in [6.45, 7) is 10.6. The van der Waals surface area contributed by atoms with Gasteiger partial charge in [0.05, 0.1) is 0 Å². The highest BCUT2D eigenvalue weighted by Gasteiger charge is 2.68. The molecule has 0 radical (unpaired) electrons. The van der Waals surface area contributed by atoms with Gasteiger partial charge in [0.2, 0.25) is 0 Å². The van der Waals surface area contributed by atoms with Crippen molar-refractivity contribution >= 4 is 0 Å². The fourth-order valence-corrected chi connectivity index (χ4v) is 18.6. The molecule has 4 unspecified atom stereocenters. The fraction of sp³-hybridized carbons (Fsp3) is 0.324. The van der Waals surface area contributed by atoms with Gasteiger partial charge in [-0.15, -0.1) is 0 Å². The van der Waals surface area contributed by atoms with Crippen LogP contribution in [0.1, 0.15) is 172 Å². The first-order valence-electron chi connectivity index (χ1n) is 27.4. The van der Waals surface area contributed by atoms with E-state index < -0.39 is 0 Å². The lowest BCUT2D eigenvalue weighted by Gasteiger charge is -2.71. The zero-order chi connectivity index (χ0) is 50.3. The summed E-state index contributed by atoms with van der Waals surface area (Å²) >= 11 is 0. The summed E-state index contributed by atoms with van der Waals surface area (Å²) in [7, 11) is 0. The zero-order valence-corrected chi connectivity index (χ0v) is 43.8. The maximum Gasteiger partial charge on any atom is 0.0264 e. The number of rotatable bonds is 4. The molecule has 8 saturated carbocycles. The van der Waals surface area contributed by atoms with Crippen LogP contribution in [0.2, 0.25) is 0 Å². The van der Waals surface area contributed by atoms with Gasteiger partial charge in [-0.25, -0.2) is 0 Å². The molecule has 8 fully saturated rings. The molecule has 0 heteroatoms. The van der Waals surface area contributed by atoms with Gasteiger partial charge in [0.25, 0.3) is 0 Å². The molecule has 8 aliphatic rings. The standard InChI is InChI=1S/C74H66/c1-67-43-68(2)46-71(45-67,53-73(49-67,50-68)65-38-59(32-28-55-18-9-5-10-19-55)36-60(39-65)33-29-56-20-11-6-12-21-56)63-26-17-27-64(42-63)72-47-69(3)44-70(4,48-72)52-74(51-69,54-72)66-40-61(34-30-57-22-13-7-14-23-57)37-62(41-66)35-31-58-24-15-8-16-25-58/h5-27,36-42H,43-54H2,1-4H3. The summed E-state index contributed by atoms with van der Waals surface area (Å²) < 4.78 is 0. The Morgan fingerprint density at radius 1 is 0.216 bits per heavy atom. The SMILES string of the molecule is CC12CC3(C)CC(c4cc(C#Cc5ccccc5)cc(C#Cc5ccccc5)c4)(C1)CC(c1cccc(C45CC6(C)CC(C)(CC(c7cc(C#Cc8ccccc8)cc(C#Cc8ccccc8)c7)(C6)C4)C5)c1)(C2)C3. The minimum atomic E-state index is 0.0309. The molecule has 7 aromatic carbocycles. The largest absolute Gasteiger partial charge is 0.0622 e. The first-order valence-corrected chi connectivity index (χ1v) is 27.4. The van der Waals surface area contributed by atoms with Crippen molar-refractivity contribution in [2.45, 2.75) is 126 Å². The maximum absolute atomic E-state index is 3.62. The van der Waals surface area contributed by atoms with Crippen LogP contribution < -0.4 is 0 Å². The number of hydrogen-bond donors (Lipinski definition) is 0. The van der Waals surface area contributed by atoms with Gasteiger partial charge in [-0.3, -0.25) is 0 Å². The molecule has 0 nitrogen and oxygen atoms in total. The van der Waals surface area contributed by atoms with Gasteiger partial charge in [0.1, 0.15) is 0 Å². The Morgan fingerprint density at radius 3 is 0.730 bits per heavy atom. The van der Waals surface area contributed by atoms with E-state index in [9.17, 15) is 0 Å². The van der Waals surface area contributed by atoms with Gasteiger partial charge in [-0.05, 0) is 228 Å². The highest BCUT2D eigenvalue weighted by Crippen LogP contribution is 2.76. The Kier molecular flexibility index (Phi) is 10.8. The van der Waals surface area contributed by atoms with Crippen LogP contribution in [-0.4, -0.2) is 0 Å². The second kappa shape index (κ2) is 17.2. The Labute approximate surface area is 441 Å². The molecule has 0 aliphatic heterocycles. The van der Waals surface area contributed by atoms with Crippen LogP contribution in [0.25, 0.3) is 0 Å². The van der Waals surface area contributed by atoms with Gasteiger partial charge in [-0.2, -0.15) is 0 Å². The van der Waals surface area contributed by atoms with Gasteiger partial charge < -0.3 is 0 Å². The van der Waals surface area contributed by atoms with E-state index in [1.54, 1.807) is 11.1 Å². The van der Waals surface area contributed by atoms with Gasteiger partial charge >= 0.3 is 0 Å². The van der Waals surface area contributed by atoms with E-state index in [-0.39, 0.29) is 43.3 Å². The van der Waals surface area contributed by atoms with E-state index in [0.29, 0.717) is 0 Å². The molecule has 8 aliphatic carbocycles. The fourth-order valence-electron chi connectivity index (χ4n) is 18.6. The van der Waals surface area contributed by atoms with E-state index >= 15 is 0 Å². The van der Waals surface area contributed by atoms with Crippen LogP contribution in [0.5, 0.6) is 0 Å². The third kappa shape index (κ3) is 8.63. The molecule has 362 valence electrons. The van der Waals surface area contributed by atoms with Crippen molar-refractivity contribution in [1.29, 1.82) is 0 Å². The molecule has 0 saturated heterocycles. The Balaban J connectivity index is 0.899. The van der Waals surface area contributed by atoms with Gasteiger partial charge in [-0.1, -0.05) is 172 Å². The van der Waals surface area contributed by atoms with E-state index in [1.807, 2.05) is 0 Å². The van der Waals surface area contributed by atoms with Crippen LogP contribution in [0.15, 0.2) is 182 Å². The molecular formula is C74H66. The van der Waals surface area contributed by atoms with E-state index in [1.165, 1.54) is 88.2 Å². The predicted molar refractivity (Wildman–Crippen MR) is 304 cm³/mol. The lowest BCUT2D eigenvalue weighted by molar-refractivity contribution is -0.128. The summed E-state index contributed by atoms with van der Waals surface area (Å²) in [5, 5.41) is 0. The predicted octanol–water partition coefficient (Wildman–Crippen LogP) is 16.4. The van der Waals surface area contributed by atoms with Crippen molar-refractivity contribution in [3.05, 3.63) is 249 Å². The molecule has 0 amide bonds. The molecule has 8 bridgehead atoms. The highest BCUT2D eigenvalue weighted by atomic mass is 14.7. The van der Waals surface area contributed by atoms with Crippen molar-refractivity contribution in [3.63, 3.8) is 0 Å². The first-order chi connectivity index (χ1) is 35.7. The summed E-state index contributed by atoms with van der Waals surface area (Å²) in [5.74, 6) is 28.5. The third-order valence-corrected chi connectivity index (χ3v) is 18.9. The quantitative estimate of drug-likeness (QED) is 0.154. The molecule has 0 N–H and O–H groups in total. The lowest BCUT2D eigenvalue weighted by atomic mass is 9.33. The van der Waals surface area contributed by atoms with Gasteiger partial charge in [0.15, 0.2) is 0 Å². The Morgan fingerprint density at radius 2 is 0.459 bits per heavy atom. The maximum atomic E-state index is 3.62. The lowest BCUT2D eigenvalue weighted by Crippen LogP contribution is -2.63. The number of hydrogen-bond acceptors (Lipinski definition) is 0. The molecule has 15 rings (SSSR count). The molecular weight excluding hydrogens is 889 g/mol. The molecule has 74 heavy (non-hydrogen) atoms. The zero-order valence-electron chi connectivity index (χ0n) is 43.8.